The normalized spacial score (nSPS) is 38.1. The maximum absolute atomic E-state index is 11.5. The first-order chi connectivity index (χ1) is 15.1. The van der Waals surface area contributed by atoms with Crippen LogP contribution in [-0.4, -0.2) is 12.1 Å². The van der Waals surface area contributed by atoms with Gasteiger partial charge in [-0.1, -0.05) is 57.9 Å². The minimum atomic E-state index is -0.113. The lowest BCUT2D eigenvalue weighted by atomic mass is 9.51. The molecule has 32 heavy (non-hydrogen) atoms. The Bertz CT molecular complexity index is 843. The molecule has 4 aliphatic carbocycles. The Labute approximate surface area is 197 Å². The van der Waals surface area contributed by atoms with Crippen molar-refractivity contribution in [2.24, 2.45) is 34.5 Å². The van der Waals surface area contributed by atoms with E-state index in [0.29, 0.717) is 22.7 Å². The largest absolute Gasteiger partial charge is 0.463 e. The van der Waals surface area contributed by atoms with Crippen LogP contribution in [0.2, 0.25) is 0 Å². The fourth-order valence-electron chi connectivity index (χ4n) is 8.26. The van der Waals surface area contributed by atoms with Crippen molar-refractivity contribution in [2.75, 3.05) is 0 Å². The second-order valence-corrected chi connectivity index (χ2v) is 12.2. The highest BCUT2D eigenvalue weighted by atomic mass is 16.5. The summed E-state index contributed by atoms with van der Waals surface area (Å²) in [5.74, 6) is 2.71. The molecule has 0 bridgehead atoms. The summed E-state index contributed by atoms with van der Waals surface area (Å²) in [5.41, 5.74) is 7.54. The molecular weight excluding hydrogens is 392 g/mol. The molecule has 178 valence electrons. The molecule has 2 unspecified atom stereocenters. The molecule has 2 nitrogen and oxygen atoms in total. The maximum Gasteiger partial charge on any atom is 0.302 e. The molecule has 0 amide bonds. The van der Waals surface area contributed by atoms with Crippen molar-refractivity contribution in [1.29, 1.82) is 0 Å². The van der Waals surface area contributed by atoms with Gasteiger partial charge in [0.05, 0.1) is 0 Å². The highest BCUT2D eigenvalue weighted by Gasteiger charge is 2.53. The van der Waals surface area contributed by atoms with Gasteiger partial charge >= 0.3 is 5.97 Å². The predicted molar refractivity (Wildman–Crippen MR) is 133 cm³/mol. The summed E-state index contributed by atoms with van der Waals surface area (Å²) >= 11 is 0. The Kier molecular flexibility index (Phi) is 6.56. The number of carbonyl (C=O) groups excluding carboxylic acids is 1. The molecule has 0 aromatic heterocycles. The number of allylic oxidation sites excluding steroid dienone is 6. The first kappa shape index (κ1) is 23.8. The summed E-state index contributed by atoms with van der Waals surface area (Å²) in [6, 6.07) is 0. The molecule has 2 heteroatoms. The van der Waals surface area contributed by atoms with Crippen molar-refractivity contribution in [3.05, 3.63) is 34.4 Å². The quantitative estimate of drug-likeness (QED) is 0.319. The van der Waals surface area contributed by atoms with Crippen LogP contribution in [0.5, 0.6) is 0 Å². The third-order valence-corrected chi connectivity index (χ3v) is 10.1. The van der Waals surface area contributed by atoms with Crippen molar-refractivity contribution in [3.8, 4) is 0 Å². The smallest absolute Gasteiger partial charge is 0.302 e. The van der Waals surface area contributed by atoms with Crippen LogP contribution in [-0.2, 0) is 9.53 Å². The van der Waals surface area contributed by atoms with Gasteiger partial charge in [-0.2, -0.15) is 0 Å². The van der Waals surface area contributed by atoms with E-state index >= 15 is 0 Å². The van der Waals surface area contributed by atoms with Crippen LogP contribution in [0.1, 0.15) is 106 Å². The van der Waals surface area contributed by atoms with Gasteiger partial charge in [0, 0.05) is 6.92 Å². The van der Waals surface area contributed by atoms with Gasteiger partial charge in [0.25, 0.3) is 0 Å². The Balaban J connectivity index is 1.55. The molecule has 4 aliphatic rings. The zero-order valence-corrected chi connectivity index (χ0v) is 21.7. The lowest BCUT2D eigenvalue weighted by Crippen LogP contribution is -2.44. The van der Waals surface area contributed by atoms with Gasteiger partial charge in [-0.25, -0.2) is 0 Å². The second-order valence-electron chi connectivity index (χ2n) is 12.2. The first-order valence-corrected chi connectivity index (χ1v) is 13.4. The van der Waals surface area contributed by atoms with Gasteiger partial charge in [0.1, 0.15) is 6.10 Å². The SMILES string of the molecule is C/C=C(/CC(C)[C@H]1CC=C2C3=C(CC[C@@]21C)[C@@]1(C)CC[C@H](OC(C)=O)CC1CC3)C(C)C. The van der Waals surface area contributed by atoms with Gasteiger partial charge in [-0.15, -0.1) is 0 Å². The average Bonchev–Trinajstić information content (AvgIpc) is 3.08. The molecule has 0 saturated heterocycles. The van der Waals surface area contributed by atoms with Crippen LogP contribution in [0.4, 0.5) is 0 Å². The van der Waals surface area contributed by atoms with E-state index in [1.165, 1.54) is 44.9 Å². The van der Waals surface area contributed by atoms with E-state index in [1.54, 1.807) is 29.2 Å². The molecule has 0 heterocycles. The van der Waals surface area contributed by atoms with Crippen molar-refractivity contribution < 1.29 is 9.53 Å². The van der Waals surface area contributed by atoms with Crippen molar-refractivity contribution in [3.63, 3.8) is 0 Å². The summed E-state index contributed by atoms with van der Waals surface area (Å²) in [6.07, 6.45) is 16.0. The Morgan fingerprint density at radius 3 is 2.56 bits per heavy atom. The van der Waals surface area contributed by atoms with Crippen molar-refractivity contribution >= 4 is 5.97 Å². The molecule has 0 N–H and O–H groups in total. The van der Waals surface area contributed by atoms with E-state index in [9.17, 15) is 4.79 Å². The number of rotatable bonds is 5. The number of esters is 1. The number of ether oxygens (including phenoxy) is 1. The molecule has 0 radical (unpaired) electrons. The van der Waals surface area contributed by atoms with Gasteiger partial charge in [0.15, 0.2) is 0 Å². The summed E-state index contributed by atoms with van der Waals surface area (Å²) in [4.78, 5) is 11.5. The first-order valence-electron chi connectivity index (χ1n) is 13.4. The van der Waals surface area contributed by atoms with E-state index in [2.05, 4.69) is 53.7 Å². The minimum Gasteiger partial charge on any atom is -0.463 e. The van der Waals surface area contributed by atoms with Crippen LogP contribution in [0.15, 0.2) is 34.4 Å². The summed E-state index contributed by atoms with van der Waals surface area (Å²) in [7, 11) is 0. The van der Waals surface area contributed by atoms with E-state index < -0.39 is 0 Å². The second kappa shape index (κ2) is 8.80. The van der Waals surface area contributed by atoms with E-state index in [0.717, 1.165) is 24.7 Å². The Hall–Kier alpha value is -1.31. The minimum absolute atomic E-state index is 0.113. The zero-order chi connectivity index (χ0) is 23.3. The summed E-state index contributed by atoms with van der Waals surface area (Å²) < 4.78 is 5.63. The van der Waals surface area contributed by atoms with E-state index in [-0.39, 0.29) is 12.1 Å². The molecule has 0 aromatic rings. The molecule has 1 saturated carbocycles. The topological polar surface area (TPSA) is 26.3 Å². The molecule has 0 spiro atoms. The molecular formula is C30H46O2. The number of hydrogen-bond acceptors (Lipinski definition) is 2. The van der Waals surface area contributed by atoms with E-state index in [1.807, 2.05) is 0 Å². The molecule has 6 atom stereocenters. The standard InChI is InChI=1S/C30H46O2/c1-8-22(19(2)3)17-20(4)26-11-12-27-25-10-9-23-18-24(32-21(5)31)13-15-29(23,6)28(25)14-16-30(26,27)7/h8,12,19-20,23-24,26H,9-11,13-18H2,1-7H3/b22-8-/t20?,23?,24-,26+,29-,30+/m0/s1. The maximum atomic E-state index is 11.5. The third kappa shape index (κ3) is 3.94. The van der Waals surface area contributed by atoms with Crippen molar-refractivity contribution in [1.82, 2.24) is 0 Å². The van der Waals surface area contributed by atoms with Crippen LogP contribution in [0, 0.1) is 34.5 Å². The van der Waals surface area contributed by atoms with Gasteiger partial charge in [-0.3, -0.25) is 4.79 Å². The molecule has 0 aliphatic heterocycles. The molecule has 0 aromatic carbocycles. The van der Waals surface area contributed by atoms with Gasteiger partial charge < -0.3 is 4.74 Å². The fraction of sp³-hybridized carbons (Fsp3) is 0.767. The number of hydrogen-bond donors (Lipinski definition) is 0. The van der Waals surface area contributed by atoms with Crippen LogP contribution in [0.3, 0.4) is 0 Å². The highest BCUT2D eigenvalue weighted by Crippen LogP contribution is 2.64. The van der Waals surface area contributed by atoms with Crippen molar-refractivity contribution in [2.45, 2.75) is 112 Å². The summed E-state index contributed by atoms with van der Waals surface area (Å²) in [5, 5.41) is 0. The highest BCUT2D eigenvalue weighted by molar-refractivity contribution is 5.66. The lowest BCUT2D eigenvalue weighted by Gasteiger charge is -2.54. The van der Waals surface area contributed by atoms with E-state index in [4.69, 9.17) is 4.74 Å². The number of fused-ring (bicyclic) bond motifs is 4. The monoisotopic (exact) mass is 438 g/mol. The van der Waals surface area contributed by atoms with Gasteiger partial charge in [-0.05, 0) is 110 Å². The van der Waals surface area contributed by atoms with Crippen LogP contribution < -0.4 is 0 Å². The summed E-state index contributed by atoms with van der Waals surface area (Å²) in [6.45, 7) is 16.1. The lowest BCUT2D eigenvalue weighted by molar-refractivity contribution is -0.150. The molecule has 4 rings (SSSR count). The Morgan fingerprint density at radius 2 is 1.91 bits per heavy atom. The predicted octanol–water partition coefficient (Wildman–Crippen LogP) is 8.19. The van der Waals surface area contributed by atoms with Crippen LogP contribution >= 0.6 is 0 Å². The number of carbonyl (C=O) groups is 1. The Morgan fingerprint density at radius 1 is 1.16 bits per heavy atom. The fourth-order valence-corrected chi connectivity index (χ4v) is 8.26. The van der Waals surface area contributed by atoms with Crippen LogP contribution in [0.25, 0.3) is 0 Å². The third-order valence-electron chi connectivity index (χ3n) is 10.1. The van der Waals surface area contributed by atoms with Gasteiger partial charge in [0.2, 0.25) is 0 Å². The molecule has 1 fully saturated rings. The zero-order valence-electron chi connectivity index (χ0n) is 21.7. The average molecular weight is 439 g/mol.